The van der Waals surface area contributed by atoms with Crippen molar-refractivity contribution in [1.29, 1.82) is 0 Å². The van der Waals surface area contributed by atoms with E-state index in [0.29, 0.717) is 19.5 Å². The summed E-state index contributed by atoms with van der Waals surface area (Å²) in [4.78, 5) is 29.1. The number of rotatable bonds is 2. The SMILES string of the molecule is CNC(=O)C1(C)CCN(C(=O)c2ncn[nH]2)C1. The first kappa shape index (κ1) is 11.6. The van der Waals surface area contributed by atoms with Crippen LogP contribution in [0.1, 0.15) is 24.0 Å². The van der Waals surface area contributed by atoms with Crippen LogP contribution in [0.4, 0.5) is 0 Å². The Labute approximate surface area is 98.6 Å². The van der Waals surface area contributed by atoms with Crippen molar-refractivity contribution in [3.8, 4) is 0 Å². The van der Waals surface area contributed by atoms with E-state index in [0.717, 1.165) is 0 Å². The lowest BCUT2D eigenvalue weighted by atomic mass is 9.89. The van der Waals surface area contributed by atoms with Crippen molar-refractivity contribution < 1.29 is 9.59 Å². The summed E-state index contributed by atoms with van der Waals surface area (Å²) in [6.07, 6.45) is 1.95. The first-order valence-corrected chi connectivity index (χ1v) is 5.44. The molecule has 0 radical (unpaired) electrons. The molecule has 0 bridgehead atoms. The first-order chi connectivity index (χ1) is 8.07. The van der Waals surface area contributed by atoms with Gasteiger partial charge < -0.3 is 10.2 Å². The third-order valence-electron chi connectivity index (χ3n) is 3.15. The Balaban J connectivity index is 2.08. The Morgan fingerprint density at radius 2 is 2.35 bits per heavy atom. The number of aromatic amines is 1. The minimum Gasteiger partial charge on any atom is -0.359 e. The molecular formula is C10H15N5O2. The Hall–Kier alpha value is -1.92. The zero-order valence-electron chi connectivity index (χ0n) is 9.86. The van der Waals surface area contributed by atoms with E-state index >= 15 is 0 Å². The monoisotopic (exact) mass is 237 g/mol. The fraction of sp³-hybridized carbons (Fsp3) is 0.600. The van der Waals surface area contributed by atoms with Crippen LogP contribution in [0, 0.1) is 5.41 Å². The second-order valence-corrected chi connectivity index (χ2v) is 4.45. The Morgan fingerprint density at radius 1 is 1.59 bits per heavy atom. The largest absolute Gasteiger partial charge is 0.359 e. The summed E-state index contributed by atoms with van der Waals surface area (Å²) in [5.74, 6) is -0.0355. The molecule has 17 heavy (non-hydrogen) atoms. The number of nitrogens with one attached hydrogen (secondary N) is 2. The highest BCUT2D eigenvalue weighted by molar-refractivity contribution is 5.92. The summed E-state index contributed by atoms with van der Waals surface area (Å²) in [6.45, 7) is 2.83. The van der Waals surface area contributed by atoms with Crippen molar-refractivity contribution in [3.63, 3.8) is 0 Å². The number of hydrogen-bond donors (Lipinski definition) is 2. The van der Waals surface area contributed by atoms with Gasteiger partial charge in [0, 0.05) is 20.1 Å². The second kappa shape index (κ2) is 4.15. The molecule has 1 aliphatic heterocycles. The zero-order valence-corrected chi connectivity index (χ0v) is 9.86. The molecule has 1 aliphatic rings. The number of aromatic nitrogens is 3. The summed E-state index contributed by atoms with van der Waals surface area (Å²) in [6, 6.07) is 0. The highest BCUT2D eigenvalue weighted by Gasteiger charge is 2.42. The molecule has 7 heteroatoms. The van der Waals surface area contributed by atoms with Crippen LogP contribution in [0.5, 0.6) is 0 Å². The fourth-order valence-electron chi connectivity index (χ4n) is 2.08. The van der Waals surface area contributed by atoms with E-state index in [4.69, 9.17) is 0 Å². The van der Waals surface area contributed by atoms with E-state index in [-0.39, 0.29) is 17.6 Å². The van der Waals surface area contributed by atoms with Crippen molar-refractivity contribution >= 4 is 11.8 Å². The number of carbonyl (C=O) groups excluding carboxylic acids is 2. The molecule has 0 aliphatic carbocycles. The maximum absolute atomic E-state index is 12.0. The predicted octanol–water partition coefficient (Wildman–Crippen LogP) is -0.597. The van der Waals surface area contributed by atoms with Gasteiger partial charge in [-0.3, -0.25) is 14.7 Å². The fourth-order valence-corrected chi connectivity index (χ4v) is 2.08. The summed E-state index contributed by atoms with van der Waals surface area (Å²) < 4.78 is 0. The van der Waals surface area contributed by atoms with E-state index in [1.54, 1.807) is 11.9 Å². The molecule has 0 aromatic carbocycles. The molecular weight excluding hydrogens is 222 g/mol. The normalized spacial score (nSPS) is 23.8. The van der Waals surface area contributed by atoms with Gasteiger partial charge in [-0.05, 0) is 13.3 Å². The molecule has 1 aromatic rings. The van der Waals surface area contributed by atoms with Crippen LogP contribution in [0.3, 0.4) is 0 Å². The number of nitrogens with zero attached hydrogens (tertiary/aromatic N) is 3. The Morgan fingerprint density at radius 3 is 2.94 bits per heavy atom. The van der Waals surface area contributed by atoms with Crippen molar-refractivity contribution in [2.24, 2.45) is 5.41 Å². The van der Waals surface area contributed by atoms with Crippen LogP contribution in [0.25, 0.3) is 0 Å². The Kier molecular flexibility index (Phi) is 2.83. The summed E-state index contributed by atoms with van der Waals surface area (Å²) in [5.41, 5.74) is -0.509. The first-order valence-electron chi connectivity index (χ1n) is 5.44. The lowest BCUT2D eigenvalue weighted by molar-refractivity contribution is -0.128. The summed E-state index contributed by atoms with van der Waals surface area (Å²) in [7, 11) is 1.61. The topological polar surface area (TPSA) is 91.0 Å². The quantitative estimate of drug-likeness (QED) is 0.718. The molecule has 1 unspecified atom stereocenters. The highest BCUT2D eigenvalue weighted by Crippen LogP contribution is 2.30. The van der Waals surface area contributed by atoms with Gasteiger partial charge in [0.25, 0.3) is 5.91 Å². The van der Waals surface area contributed by atoms with Gasteiger partial charge in [0.1, 0.15) is 6.33 Å². The summed E-state index contributed by atoms with van der Waals surface area (Å²) in [5, 5.41) is 8.80. The van der Waals surface area contributed by atoms with E-state index in [1.165, 1.54) is 6.33 Å². The second-order valence-electron chi connectivity index (χ2n) is 4.45. The molecule has 1 aromatic heterocycles. The van der Waals surface area contributed by atoms with Gasteiger partial charge in [0.2, 0.25) is 11.7 Å². The third-order valence-corrected chi connectivity index (χ3v) is 3.15. The molecule has 0 saturated carbocycles. The number of carbonyl (C=O) groups is 2. The zero-order chi connectivity index (χ0) is 12.5. The van der Waals surface area contributed by atoms with Crippen molar-refractivity contribution in [1.82, 2.24) is 25.4 Å². The molecule has 1 atom stereocenters. The molecule has 1 saturated heterocycles. The number of hydrogen-bond acceptors (Lipinski definition) is 4. The van der Waals surface area contributed by atoms with Crippen molar-refractivity contribution in [3.05, 3.63) is 12.2 Å². The van der Waals surface area contributed by atoms with Crippen LogP contribution in [0.15, 0.2) is 6.33 Å². The maximum Gasteiger partial charge on any atom is 0.291 e. The van der Waals surface area contributed by atoms with Crippen LogP contribution in [-0.4, -0.2) is 52.0 Å². The molecule has 2 rings (SSSR count). The molecule has 2 N–H and O–H groups in total. The van der Waals surface area contributed by atoms with E-state index in [9.17, 15) is 9.59 Å². The van der Waals surface area contributed by atoms with Gasteiger partial charge in [0.15, 0.2) is 0 Å². The molecule has 1 fully saturated rings. The van der Waals surface area contributed by atoms with E-state index in [1.807, 2.05) is 6.92 Å². The average molecular weight is 237 g/mol. The lowest BCUT2D eigenvalue weighted by Gasteiger charge is -2.22. The Bertz CT molecular complexity index is 430. The molecule has 2 heterocycles. The van der Waals surface area contributed by atoms with Gasteiger partial charge >= 0.3 is 0 Å². The molecule has 0 spiro atoms. The van der Waals surface area contributed by atoms with Crippen LogP contribution >= 0.6 is 0 Å². The van der Waals surface area contributed by atoms with Crippen LogP contribution in [0.2, 0.25) is 0 Å². The lowest BCUT2D eigenvalue weighted by Crippen LogP contribution is -2.40. The summed E-state index contributed by atoms with van der Waals surface area (Å²) >= 11 is 0. The minimum atomic E-state index is -0.509. The van der Waals surface area contributed by atoms with Crippen LogP contribution in [-0.2, 0) is 4.79 Å². The smallest absolute Gasteiger partial charge is 0.291 e. The van der Waals surface area contributed by atoms with Crippen molar-refractivity contribution in [2.45, 2.75) is 13.3 Å². The number of likely N-dealkylation sites (tertiary alicyclic amines) is 1. The van der Waals surface area contributed by atoms with Crippen LogP contribution < -0.4 is 5.32 Å². The standard InChI is InChI=1S/C10H15N5O2/c1-10(9(17)11-2)3-4-15(5-10)8(16)7-12-6-13-14-7/h6H,3-5H2,1-2H3,(H,11,17)(H,12,13,14). The number of amides is 2. The predicted molar refractivity (Wildman–Crippen MR) is 59.1 cm³/mol. The van der Waals surface area contributed by atoms with Gasteiger partial charge in [-0.15, -0.1) is 0 Å². The minimum absolute atomic E-state index is 0.0367. The molecule has 2 amide bonds. The molecule has 7 nitrogen and oxygen atoms in total. The van der Waals surface area contributed by atoms with Gasteiger partial charge in [-0.1, -0.05) is 0 Å². The average Bonchev–Trinajstić information content (AvgIpc) is 2.96. The highest BCUT2D eigenvalue weighted by atomic mass is 16.2. The van der Waals surface area contributed by atoms with E-state index < -0.39 is 5.41 Å². The van der Waals surface area contributed by atoms with Crippen molar-refractivity contribution in [2.75, 3.05) is 20.1 Å². The third kappa shape index (κ3) is 2.00. The molecule has 92 valence electrons. The van der Waals surface area contributed by atoms with E-state index in [2.05, 4.69) is 20.5 Å². The number of H-pyrrole nitrogens is 1. The van der Waals surface area contributed by atoms with Gasteiger partial charge in [-0.25, -0.2) is 4.98 Å². The van der Waals surface area contributed by atoms with Gasteiger partial charge in [0.05, 0.1) is 5.41 Å². The maximum atomic E-state index is 12.0. The van der Waals surface area contributed by atoms with Gasteiger partial charge in [-0.2, -0.15) is 5.10 Å².